The topological polar surface area (TPSA) is 49.4 Å². The summed E-state index contributed by atoms with van der Waals surface area (Å²) in [5.74, 6) is -0.608. The van der Waals surface area contributed by atoms with Gasteiger partial charge < -0.3 is 10.2 Å². The molecule has 5 heteroatoms. The van der Waals surface area contributed by atoms with E-state index in [-0.39, 0.29) is 30.0 Å². The monoisotopic (exact) mass is 344 g/mol. The highest BCUT2D eigenvalue weighted by molar-refractivity contribution is 5.89. The van der Waals surface area contributed by atoms with Gasteiger partial charge in [-0.2, -0.15) is 0 Å². The van der Waals surface area contributed by atoms with Gasteiger partial charge in [-0.3, -0.25) is 9.59 Å². The summed E-state index contributed by atoms with van der Waals surface area (Å²) in [5.41, 5.74) is 2.29. The van der Waals surface area contributed by atoms with Crippen molar-refractivity contribution in [3.05, 3.63) is 47.3 Å². The molecule has 1 aliphatic heterocycles. The highest BCUT2D eigenvalue weighted by Gasteiger charge is 2.33. The number of amides is 2. The lowest BCUT2D eigenvalue weighted by Gasteiger charge is -2.19. The average molecular weight is 344 g/mol. The summed E-state index contributed by atoms with van der Waals surface area (Å²) in [4.78, 5) is 26.3. The number of rotatable bonds is 6. The Hall–Kier alpha value is -2.17. The zero-order valence-electron chi connectivity index (χ0n) is 14.5. The van der Waals surface area contributed by atoms with Crippen molar-refractivity contribution in [3.8, 4) is 0 Å². The molecule has 1 aromatic rings. The number of carbonyl (C=O) groups excluding carboxylic acids is 2. The Kier molecular flexibility index (Phi) is 5.84. The Morgan fingerprint density at radius 3 is 2.76 bits per heavy atom. The molecule has 1 N–H and O–H groups in total. The predicted molar refractivity (Wildman–Crippen MR) is 94.1 cm³/mol. The maximum Gasteiger partial charge on any atom is 0.225 e. The van der Waals surface area contributed by atoms with Gasteiger partial charge in [0, 0.05) is 26.1 Å². The fourth-order valence-electron chi connectivity index (χ4n) is 3.51. The quantitative estimate of drug-likeness (QED) is 0.806. The zero-order chi connectivity index (χ0) is 17.6. The van der Waals surface area contributed by atoms with Gasteiger partial charge in [0.05, 0.1) is 5.92 Å². The van der Waals surface area contributed by atoms with Crippen molar-refractivity contribution in [2.45, 2.75) is 45.1 Å². The number of hydrogen-bond donors (Lipinski definition) is 1. The van der Waals surface area contributed by atoms with Gasteiger partial charge in [0.1, 0.15) is 5.82 Å². The van der Waals surface area contributed by atoms with E-state index in [1.165, 1.54) is 30.5 Å². The largest absolute Gasteiger partial charge is 0.352 e. The number of nitrogens with zero attached hydrogens (tertiary/aromatic N) is 1. The molecule has 0 radical (unpaired) electrons. The SMILES string of the molecule is O=C(NCc1ccc(F)cc1)C1CC(=O)N(CCC2=CCCCC2)C1. The molecule has 0 spiro atoms. The molecule has 1 unspecified atom stereocenters. The lowest BCUT2D eigenvalue weighted by atomic mass is 9.97. The van der Waals surface area contributed by atoms with E-state index in [2.05, 4.69) is 11.4 Å². The molecule has 134 valence electrons. The van der Waals surface area contributed by atoms with E-state index in [0.717, 1.165) is 24.8 Å². The molecule has 25 heavy (non-hydrogen) atoms. The van der Waals surface area contributed by atoms with Gasteiger partial charge in [-0.1, -0.05) is 23.8 Å². The minimum absolute atomic E-state index is 0.0679. The molecule has 0 bridgehead atoms. The summed E-state index contributed by atoms with van der Waals surface area (Å²) >= 11 is 0. The number of benzene rings is 1. The second kappa shape index (κ2) is 8.28. The van der Waals surface area contributed by atoms with Crippen molar-refractivity contribution >= 4 is 11.8 Å². The van der Waals surface area contributed by atoms with Crippen LogP contribution in [0.25, 0.3) is 0 Å². The molecule has 0 saturated carbocycles. The van der Waals surface area contributed by atoms with Crippen molar-refractivity contribution in [3.63, 3.8) is 0 Å². The second-order valence-corrected chi connectivity index (χ2v) is 6.94. The number of allylic oxidation sites excluding steroid dienone is 1. The van der Waals surface area contributed by atoms with Crippen molar-refractivity contribution in [2.75, 3.05) is 13.1 Å². The van der Waals surface area contributed by atoms with Crippen LogP contribution in [0.4, 0.5) is 4.39 Å². The molecule has 1 fully saturated rings. The summed E-state index contributed by atoms with van der Waals surface area (Å²) in [5, 5.41) is 2.86. The summed E-state index contributed by atoms with van der Waals surface area (Å²) in [6.45, 7) is 1.57. The van der Waals surface area contributed by atoms with Gasteiger partial charge >= 0.3 is 0 Å². The van der Waals surface area contributed by atoms with Crippen molar-refractivity contribution in [1.82, 2.24) is 10.2 Å². The van der Waals surface area contributed by atoms with Gasteiger partial charge in [-0.05, 0) is 49.8 Å². The number of nitrogens with one attached hydrogen (secondary N) is 1. The molecular formula is C20H25FN2O2. The van der Waals surface area contributed by atoms with Crippen molar-refractivity contribution in [2.24, 2.45) is 5.92 Å². The standard InChI is InChI=1S/C20H25FN2O2/c21-18-8-6-16(7-9-18)13-22-20(25)17-12-19(24)23(14-17)11-10-15-4-2-1-3-5-15/h4,6-9,17H,1-3,5,10-14H2,(H,22,25). The Morgan fingerprint density at radius 2 is 2.04 bits per heavy atom. The number of hydrogen-bond acceptors (Lipinski definition) is 2. The summed E-state index contributed by atoms with van der Waals surface area (Å²) in [7, 11) is 0. The van der Waals surface area contributed by atoms with E-state index < -0.39 is 0 Å². The van der Waals surface area contributed by atoms with Gasteiger partial charge in [-0.15, -0.1) is 0 Å². The van der Waals surface area contributed by atoms with E-state index >= 15 is 0 Å². The maximum absolute atomic E-state index is 12.9. The Labute approximate surface area is 148 Å². The maximum atomic E-state index is 12.9. The normalized spacial score (nSPS) is 20.5. The first-order valence-corrected chi connectivity index (χ1v) is 9.09. The molecule has 2 aliphatic rings. The third-order valence-electron chi connectivity index (χ3n) is 5.05. The van der Waals surface area contributed by atoms with Crippen molar-refractivity contribution < 1.29 is 14.0 Å². The van der Waals surface area contributed by atoms with Crippen LogP contribution in [-0.4, -0.2) is 29.8 Å². The van der Waals surface area contributed by atoms with E-state index in [1.807, 2.05) is 4.90 Å². The lowest BCUT2D eigenvalue weighted by molar-refractivity contribution is -0.129. The van der Waals surface area contributed by atoms with Crippen LogP contribution in [0.5, 0.6) is 0 Å². The molecule has 0 aromatic heterocycles. The fraction of sp³-hybridized carbons (Fsp3) is 0.500. The van der Waals surface area contributed by atoms with Crippen molar-refractivity contribution in [1.29, 1.82) is 0 Å². The molecule has 1 aliphatic carbocycles. The highest BCUT2D eigenvalue weighted by Crippen LogP contribution is 2.23. The number of likely N-dealkylation sites (tertiary alicyclic amines) is 1. The highest BCUT2D eigenvalue weighted by atomic mass is 19.1. The van der Waals surface area contributed by atoms with Gasteiger partial charge in [0.2, 0.25) is 11.8 Å². The average Bonchev–Trinajstić information content (AvgIpc) is 3.01. The predicted octanol–water partition coefficient (Wildman–Crippen LogP) is 3.18. The zero-order valence-corrected chi connectivity index (χ0v) is 14.5. The van der Waals surface area contributed by atoms with E-state index in [0.29, 0.717) is 19.6 Å². The molecule has 1 saturated heterocycles. The third-order valence-corrected chi connectivity index (χ3v) is 5.05. The first-order valence-electron chi connectivity index (χ1n) is 9.09. The van der Waals surface area contributed by atoms with Gasteiger partial charge in [-0.25, -0.2) is 4.39 Å². The fourth-order valence-corrected chi connectivity index (χ4v) is 3.51. The van der Waals surface area contributed by atoms with Crippen LogP contribution in [0.2, 0.25) is 0 Å². The van der Waals surface area contributed by atoms with Crippen LogP contribution >= 0.6 is 0 Å². The third kappa shape index (κ3) is 4.91. The molecule has 2 amide bonds. The van der Waals surface area contributed by atoms with E-state index in [1.54, 1.807) is 12.1 Å². The van der Waals surface area contributed by atoms with Crippen LogP contribution in [0.1, 0.15) is 44.1 Å². The first kappa shape index (κ1) is 17.6. The van der Waals surface area contributed by atoms with Gasteiger partial charge in [0.15, 0.2) is 0 Å². The van der Waals surface area contributed by atoms with E-state index in [4.69, 9.17) is 0 Å². The number of halogens is 1. The summed E-state index contributed by atoms with van der Waals surface area (Å²) in [6.07, 6.45) is 8.32. The molecular weight excluding hydrogens is 319 g/mol. The summed E-state index contributed by atoms with van der Waals surface area (Å²) in [6, 6.07) is 6.06. The molecule has 1 aromatic carbocycles. The van der Waals surface area contributed by atoms with Crippen LogP contribution in [0, 0.1) is 11.7 Å². The number of carbonyl (C=O) groups is 2. The van der Waals surface area contributed by atoms with E-state index in [9.17, 15) is 14.0 Å². The van der Waals surface area contributed by atoms with Crippen LogP contribution in [0.3, 0.4) is 0 Å². The summed E-state index contributed by atoms with van der Waals surface area (Å²) < 4.78 is 12.9. The lowest BCUT2D eigenvalue weighted by Crippen LogP contribution is -2.33. The van der Waals surface area contributed by atoms with Gasteiger partial charge in [0.25, 0.3) is 0 Å². The molecule has 4 nitrogen and oxygen atoms in total. The molecule has 1 heterocycles. The molecule has 1 atom stereocenters. The minimum Gasteiger partial charge on any atom is -0.352 e. The Bertz CT molecular complexity index is 654. The minimum atomic E-state index is -0.291. The Balaban J connectivity index is 1.45. The second-order valence-electron chi connectivity index (χ2n) is 6.94. The van der Waals surface area contributed by atoms with Crippen LogP contribution in [0.15, 0.2) is 35.9 Å². The van der Waals surface area contributed by atoms with Crippen LogP contribution in [-0.2, 0) is 16.1 Å². The molecule has 3 rings (SSSR count). The van der Waals surface area contributed by atoms with Crippen LogP contribution < -0.4 is 5.32 Å². The Morgan fingerprint density at radius 1 is 1.24 bits per heavy atom. The first-order chi connectivity index (χ1) is 12.1. The smallest absolute Gasteiger partial charge is 0.225 e.